The standard InChI is InChI=1S/C26H30O2/c1-5-18(2)24-13-14-28-25(24)12-11-23(22-9-7-6-8-10-22)17-21-15-19(3)26(27)20(4)16-21/h6-10,13,15-17,25,27H,2,5,11-12,14H2,1,3-4H3/b23-17-. The van der Waals surface area contributed by atoms with Gasteiger partial charge < -0.3 is 9.84 Å². The first kappa shape index (κ1) is 20.2. The van der Waals surface area contributed by atoms with Crippen LogP contribution in [0.3, 0.4) is 0 Å². The monoisotopic (exact) mass is 374 g/mol. The molecule has 0 bridgehead atoms. The van der Waals surface area contributed by atoms with Crippen molar-refractivity contribution in [3.8, 4) is 5.75 Å². The SMILES string of the molecule is C=C(CC)C1=CCOC1CC/C(=C/c1cc(C)c(O)c(C)c1)c1ccccc1. The van der Waals surface area contributed by atoms with E-state index in [2.05, 4.69) is 49.9 Å². The van der Waals surface area contributed by atoms with Crippen LogP contribution in [0.4, 0.5) is 0 Å². The van der Waals surface area contributed by atoms with Crippen LogP contribution in [-0.2, 0) is 4.74 Å². The van der Waals surface area contributed by atoms with Crippen LogP contribution in [0.15, 0.2) is 66.3 Å². The Morgan fingerprint density at radius 2 is 1.86 bits per heavy atom. The summed E-state index contributed by atoms with van der Waals surface area (Å²) >= 11 is 0. The van der Waals surface area contributed by atoms with Crippen molar-refractivity contribution < 1.29 is 9.84 Å². The highest BCUT2D eigenvalue weighted by molar-refractivity contribution is 5.82. The van der Waals surface area contributed by atoms with Crippen LogP contribution in [0.5, 0.6) is 5.75 Å². The average molecular weight is 375 g/mol. The Bertz CT molecular complexity index is 880. The van der Waals surface area contributed by atoms with E-state index in [-0.39, 0.29) is 6.10 Å². The Balaban J connectivity index is 1.87. The minimum atomic E-state index is 0.128. The molecule has 28 heavy (non-hydrogen) atoms. The second-order valence-corrected chi connectivity index (χ2v) is 7.52. The van der Waals surface area contributed by atoms with Crippen molar-refractivity contribution in [3.63, 3.8) is 0 Å². The van der Waals surface area contributed by atoms with Crippen LogP contribution in [0, 0.1) is 13.8 Å². The van der Waals surface area contributed by atoms with Crippen molar-refractivity contribution in [3.05, 3.63) is 88.5 Å². The lowest BCUT2D eigenvalue weighted by Crippen LogP contribution is -2.11. The largest absolute Gasteiger partial charge is 0.507 e. The average Bonchev–Trinajstić information content (AvgIpc) is 3.18. The van der Waals surface area contributed by atoms with Gasteiger partial charge in [0.25, 0.3) is 0 Å². The van der Waals surface area contributed by atoms with Gasteiger partial charge in [0.1, 0.15) is 5.75 Å². The fourth-order valence-electron chi connectivity index (χ4n) is 3.80. The second kappa shape index (κ2) is 9.07. The summed E-state index contributed by atoms with van der Waals surface area (Å²) in [5.41, 5.74) is 7.88. The molecule has 0 radical (unpaired) electrons. The molecule has 0 aromatic heterocycles. The molecule has 1 aliphatic heterocycles. The van der Waals surface area contributed by atoms with Gasteiger partial charge in [-0.3, -0.25) is 0 Å². The summed E-state index contributed by atoms with van der Waals surface area (Å²) in [6.07, 6.45) is 7.35. The van der Waals surface area contributed by atoms with E-state index in [0.717, 1.165) is 36.0 Å². The molecule has 2 heteroatoms. The predicted molar refractivity (Wildman–Crippen MR) is 118 cm³/mol. The Labute approximate surface area is 168 Å². The van der Waals surface area contributed by atoms with Gasteiger partial charge in [-0.1, -0.05) is 56.0 Å². The quantitative estimate of drug-likeness (QED) is 0.552. The van der Waals surface area contributed by atoms with Gasteiger partial charge in [0.05, 0.1) is 12.7 Å². The molecule has 0 amide bonds. The second-order valence-electron chi connectivity index (χ2n) is 7.52. The van der Waals surface area contributed by atoms with Crippen LogP contribution in [0.25, 0.3) is 11.6 Å². The summed E-state index contributed by atoms with van der Waals surface area (Å²) in [5.74, 6) is 0.380. The Morgan fingerprint density at radius 3 is 2.50 bits per heavy atom. The van der Waals surface area contributed by atoms with E-state index in [1.54, 1.807) is 0 Å². The Kier molecular flexibility index (Phi) is 6.53. The maximum absolute atomic E-state index is 10.1. The Morgan fingerprint density at radius 1 is 1.18 bits per heavy atom. The summed E-state index contributed by atoms with van der Waals surface area (Å²) in [6.45, 7) is 10.9. The number of hydrogen-bond donors (Lipinski definition) is 1. The fourth-order valence-corrected chi connectivity index (χ4v) is 3.80. The van der Waals surface area contributed by atoms with Gasteiger partial charge in [-0.05, 0) is 84.2 Å². The molecule has 3 rings (SSSR count). The van der Waals surface area contributed by atoms with Gasteiger partial charge in [-0.15, -0.1) is 0 Å². The lowest BCUT2D eigenvalue weighted by molar-refractivity contribution is 0.117. The summed E-state index contributed by atoms with van der Waals surface area (Å²) in [5, 5.41) is 10.1. The lowest BCUT2D eigenvalue weighted by Gasteiger charge is -2.17. The molecule has 1 atom stereocenters. The first-order valence-corrected chi connectivity index (χ1v) is 10.1. The zero-order valence-electron chi connectivity index (χ0n) is 17.2. The topological polar surface area (TPSA) is 29.5 Å². The van der Waals surface area contributed by atoms with Crippen LogP contribution < -0.4 is 0 Å². The van der Waals surface area contributed by atoms with Crippen molar-refractivity contribution in [1.29, 1.82) is 0 Å². The molecule has 0 fully saturated rings. The third-order valence-corrected chi connectivity index (χ3v) is 5.46. The minimum absolute atomic E-state index is 0.128. The predicted octanol–water partition coefficient (Wildman–Crippen LogP) is 6.62. The van der Waals surface area contributed by atoms with Crippen LogP contribution in [0.1, 0.15) is 48.4 Å². The van der Waals surface area contributed by atoms with Crippen LogP contribution in [0.2, 0.25) is 0 Å². The zero-order chi connectivity index (χ0) is 20.1. The summed E-state index contributed by atoms with van der Waals surface area (Å²) in [6, 6.07) is 14.6. The van der Waals surface area contributed by atoms with Gasteiger partial charge in [0.15, 0.2) is 0 Å². The highest BCUT2D eigenvalue weighted by Crippen LogP contribution is 2.32. The molecule has 0 spiro atoms. The maximum Gasteiger partial charge on any atom is 0.121 e. The molecule has 0 saturated carbocycles. The lowest BCUT2D eigenvalue weighted by atomic mass is 9.92. The molecule has 1 unspecified atom stereocenters. The third-order valence-electron chi connectivity index (χ3n) is 5.46. The number of ether oxygens (including phenoxy) is 1. The first-order valence-electron chi connectivity index (χ1n) is 10.1. The number of aryl methyl sites for hydroxylation is 2. The summed E-state index contributed by atoms with van der Waals surface area (Å²) < 4.78 is 5.97. The molecule has 2 nitrogen and oxygen atoms in total. The molecular weight excluding hydrogens is 344 g/mol. The molecule has 1 N–H and O–H groups in total. The molecular formula is C26H30O2. The molecule has 0 saturated heterocycles. The number of rotatable bonds is 7. The van der Waals surface area contributed by atoms with E-state index >= 15 is 0 Å². The minimum Gasteiger partial charge on any atom is -0.507 e. The molecule has 2 aromatic rings. The normalized spacial score (nSPS) is 16.9. The number of aromatic hydroxyl groups is 1. The van der Waals surface area contributed by atoms with Crippen LogP contribution in [-0.4, -0.2) is 17.8 Å². The van der Waals surface area contributed by atoms with Crippen molar-refractivity contribution in [1.82, 2.24) is 0 Å². The Hall–Kier alpha value is -2.58. The van der Waals surface area contributed by atoms with E-state index in [4.69, 9.17) is 4.74 Å². The van der Waals surface area contributed by atoms with Crippen LogP contribution >= 0.6 is 0 Å². The van der Waals surface area contributed by atoms with E-state index in [1.165, 1.54) is 22.3 Å². The first-order chi connectivity index (χ1) is 13.5. The van der Waals surface area contributed by atoms with Gasteiger partial charge in [-0.2, -0.15) is 0 Å². The van der Waals surface area contributed by atoms with Crippen molar-refractivity contribution in [2.75, 3.05) is 6.61 Å². The third kappa shape index (κ3) is 4.63. The van der Waals surface area contributed by atoms with E-state index in [1.807, 2.05) is 32.0 Å². The molecule has 2 aromatic carbocycles. The van der Waals surface area contributed by atoms with Crippen molar-refractivity contribution >= 4 is 11.6 Å². The number of benzene rings is 2. The number of allylic oxidation sites excluding steroid dienone is 1. The van der Waals surface area contributed by atoms with Gasteiger partial charge in [0, 0.05) is 0 Å². The molecule has 146 valence electrons. The summed E-state index contributed by atoms with van der Waals surface area (Å²) in [7, 11) is 0. The molecule has 0 aliphatic carbocycles. The molecule has 1 aliphatic rings. The summed E-state index contributed by atoms with van der Waals surface area (Å²) in [4.78, 5) is 0. The van der Waals surface area contributed by atoms with E-state index in [0.29, 0.717) is 12.4 Å². The van der Waals surface area contributed by atoms with Gasteiger partial charge in [0.2, 0.25) is 0 Å². The fraction of sp³-hybridized carbons (Fsp3) is 0.308. The molecule has 1 heterocycles. The zero-order valence-corrected chi connectivity index (χ0v) is 17.2. The van der Waals surface area contributed by atoms with Crippen molar-refractivity contribution in [2.45, 2.75) is 46.1 Å². The smallest absolute Gasteiger partial charge is 0.121 e. The van der Waals surface area contributed by atoms with E-state index < -0.39 is 0 Å². The van der Waals surface area contributed by atoms with E-state index in [9.17, 15) is 5.11 Å². The van der Waals surface area contributed by atoms with Gasteiger partial charge >= 0.3 is 0 Å². The number of phenols is 1. The van der Waals surface area contributed by atoms with Crippen molar-refractivity contribution in [2.24, 2.45) is 0 Å². The van der Waals surface area contributed by atoms with Gasteiger partial charge in [-0.25, -0.2) is 0 Å². The maximum atomic E-state index is 10.1. The number of phenolic OH excluding ortho intramolecular Hbond substituents is 1. The highest BCUT2D eigenvalue weighted by Gasteiger charge is 2.21. The highest BCUT2D eigenvalue weighted by atomic mass is 16.5. The number of hydrogen-bond acceptors (Lipinski definition) is 2.